The summed E-state index contributed by atoms with van der Waals surface area (Å²) in [6, 6.07) is 0.278. The Labute approximate surface area is 127 Å². The summed E-state index contributed by atoms with van der Waals surface area (Å²) in [5.41, 5.74) is 9.38. The fourth-order valence-corrected chi connectivity index (χ4v) is 4.57. The van der Waals surface area contributed by atoms with Crippen molar-refractivity contribution in [3.63, 3.8) is 0 Å². The summed E-state index contributed by atoms with van der Waals surface area (Å²) in [7, 11) is 0. The zero-order valence-electron chi connectivity index (χ0n) is 12.9. The number of nitrogens with two attached hydrogens (primary N) is 1. The minimum atomic E-state index is 0.278. The van der Waals surface area contributed by atoms with Crippen molar-refractivity contribution >= 4 is 5.95 Å². The molecule has 114 valence electrons. The summed E-state index contributed by atoms with van der Waals surface area (Å²) in [4.78, 5) is 11.8. The Morgan fingerprint density at radius 1 is 1.19 bits per heavy atom. The third-order valence-corrected chi connectivity index (χ3v) is 5.80. The van der Waals surface area contributed by atoms with Gasteiger partial charge in [-0.05, 0) is 55.9 Å². The second-order valence-corrected chi connectivity index (χ2v) is 7.37. The molecule has 4 heteroatoms. The fraction of sp³-hybridized carbons (Fsp3) is 0.765. The van der Waals surface area contributed by atoms with Crippen molar-refractivity contribution < 1.29 is 0 Å². The van der Waals surface area contributed by atoms with Crippen LogP contribution in [0.25, 0.3) is 0 Å². The Kier molecular flexibility index (Phi) is 3.37. The summed E-state index contributed by atoms with van der Waals surface area (Å²) in [6.45, 7) is 1.96. The number of anilines is 1. The van der Waals surface area contributed by atoms with Crippen LogP contribution in [0.15, 0.2) is 6.20 Å². The van der Waals surface area contributed by atoms with E-state index in [-0.39, 0.29) is 6.04 Å². The van der Waals surface area contributed by atoms with E-state index in [1.54, 1.807) is 0 Å². The van der Waals surface area contributed by atoms with Crippen LogP contribution in [0.4, 0.5) is 5.95 Å². The number of fused-ring (bicyclic) bond motifs is 1. The molecule has 4 rings (SSSR count). The zero-order chi connectivity index (χ0) is 14.3. The molecule has 1 aliphatic heterocycles. The van der Waals surface area contributed by atoms with E-state index in [1.165, 1.54) is 49.8 Å². The van der Waals surface area contributed by atoms with E-state index in [0.29, 0.717) is 5.41 Å². The molecule has 0 aromatic carbocycles. The van der Waals surface area contributed by atoms with Crippen molar-refractivity contribution in [3.05, 3.63) is 17.5 Å². The molecule has 21 heavy (non-hydrogen) atoms. The Bertz CT molecular complexity index is 522. The lowest BCUT2D eigenvalue weighted by atomic mass is 9.72. The molecule has 0 bridgehead atoms. The monoisotopic (exact) mass is 286 g/mol. The maximum Gasteiger partial charge on any atom is 0.225 e. The van der Waals surface area contributed by atoms with Gasteiger partial charge in [0.15, 0.2) is 0 Å². The molecule has 1 unspecified atom stereocenters. The lowest BCUT2D eigenvalue weighted by molar-refractivity contribution is 0.252. The van der Waals surface area contributed by atoms with Crippen molar-refractivity contribution in [1.29, 1.82) is 0 Å². The zero-order valence-corrected chi connectivity index (χ0v) is 12.9. The Morgan fingerprint density at radius 2 is 2.05 bits per heavy atom. The van der Waals surface area contributed by atoms with E-state index < -0.39 is 0 Å². The molecule has 0 radical (unpaired) electrons. The summed E-state index contributed by atoms with van der Waals surface area (Å²) in [6.07, 6.45) is 13.7. The van der Waals surface area contributed by atoms with Gasteiger partial charge in [0, 0.05) is 31.0 Å². The minimum Gasteiger partial charge on any atom is -0.339 e. The van der Waals surface area contributed by atoms with Gasteiger partial charge in [0.1, 0.15) is 0 Å². The second kappa shape index (κ2) is 5.24. The molecule has 1 aromatic rings. The van der Waals surface area contributed by atoms with Crippen LogP contribution in [0.1, 0.15) is 56.2 Å². The van der Waals surface area contributed by atoms with Crippen molar-refractivity contribution in [2.75, 3.05) is 18.0 Å². The average Bonchev–Trinajstić information content (AvgIpc) is 2.95. The molecule has 2 fully saturated rings. The Hall–Kier alpha value is -1.16. The highest BCUT2D eigenvalue weighted by Gasteiger charge is 2.37. The number of nitrogens with zero attached hydrogens (tertiary/aromatic N) is 3. The average molecular weight is 286 g/mol. The number of rotatable bonds is 1. The highest BCUT2D eigenvalue weighted by atomic mass is 15.3. The molecule has 4 nitrogen and oxygen atoms in total. The first kappa shape index (κ1) is 13.5. The molecule has 2 heterocycles. The third kappa shape index (κ3) is 2.54. The molecule has 2 aliphatic carbocycles. The predicted octanol–water partition coefficient (Wildman–Crippen LogP) is 2.45. The molecule has 1 aromatic heterocycles. The normalized spacial score (nSPS) is 27.9. The van der Waals surface area contributed by atoms with E-state index in [9.17, 15) is 0 Å². The molecule has 3 aliphatic rings. The van der Waals surface area contributed by atoms with Crippen LogP contribution >= 0.6 is 0 Å². The molecular weight excluding hydrogens is 260 g/mol. The first-order valence-corrected chi connectivity index (χ1v) is 8.59. The smallest absolute Gasteiger partial charge is 0.225 e. The van der Waals surface area contributed by atoms with Crippen LogP contribution in [-0.4, -0.2) is 29.1 Å². The standard InChI is InChI=1S/C17H26N4/c18-14-4-3-9-21(12-14)16-19-11-13-10-17(6-1-2-7-17)8-5-15(13)20-16/h11,14H,1-10,12,18H2. The van der Waals surface area contributed by atoms with Gasteiger partial charge in [0.05, 0.1) is 0 Å². The van der Waals surface area contributed by atoms with Gasteiger partial charge in [-0.15, -0.1) is 0 Å². The molecule has 1 atom stereocenters. The van der Waals surface area contributed by atoms with Crippen molar-refractivity contribution in [1.82, 2.24) is 9.97 Å². The van der Waals surface area contributed by atoms with Crippen molar-refractivity contribution in [2.45, 2.75) is 63.8 Å². The van der Waals surface area contributed by atoms with Gasteiger partial charge in [-0.1, -0.05) is 12.8 Å². The largest absolute Gasteiger partial charge is 0.339 e. The summed E-state index contributed by atoms with van der Waals surface area (Å²) >= 11 is 0. The highest BCUT2D eigenvalue weighted by Crippen LogP contribution is 2.47. The fourth-order valence-electron chi connectivity index (χ4n) is 4.57. The maximum absolute atomic E-state index is 6.08. The van der Waals surface area contributed by atoms with Crippen LogP contribution < -0.4 is 10.6 Å². The van der Waals surface area contributed by atoms with Gasteiger partial charge in [-0.2, -0.15) is 0 Å². The topological polar surface area (TPSA) is 55.0 Å². The van der Waals surface area contributed by atoms with Gasteiger partial charge in [-0.25, -0.2) is 9.97 Å². The number of aromatic nitrogens is 2. The molecule has 1 saturated carbocycles. The summed E-state index contributed by atoms with van der Waals surface area (Å²) in [5.74, 6) is 0.909. The Morgan fingerprint density at radius 3 is 2.86 bits per heavy atom. The van der Waals surface area contributed by atoms with Gasteiger partial charge in [0.25, 0.3) is 0 Å². The highest BCUT2D eigenvalue weighted by molar-refractivity contribution is 5.36. The van der Waals surface area contributed by atoms with E-state index in [4.69, 9.17) is 10.7 Å². The third-order valence-electron chi connectivity index (χ3n) is 5.80. The molecule has 2 N–H and O–H groups in total. The van der Waals surface area contributed by atoms with Crippen molar-refractivity contribution in [3.8, 4) is 0 Å². The Balaban J connectivity index is 1.55. The van der Waals surface area contributed by atoms with Gasteiger partial charge in [0.2, 0.25) is 5.95 Å². The number of hydrogen-bond acceptors (Lipinski definition) is 4. The molecule has 0 amide bonds. The molecule has 1 saturated heterocycles. The van der Waals surface area contributed by atoms with E-state index in [1.807, 2.05) is 0 Å². The lowest BCUT2D eigenvalue weighted by Gasteiger charge is -2.35. The summed E-state index contributed by atoms with van der Waals surface area (Å²) < 4.78 is 0. The lowest BCUT2D eigenvalue weighted by Crippen LogP contribution is -2.43. The van der Waals surface area contributed by atoms with E-state index >= 15 is 0 Å². The molecular formula is C17H26N4. The van der Waals surface area contributed by atoms with Gasteiger partial charge < -0.3 is 10.6 Å². The van der Waals surface area contributed by atoms with Crippen LogP contribution in [0.2, 0.25) is 0 Å². The quantitative estimate of drug-likeness (QED) is 0.861. The SMILES string of the molecule is NC1CCCN(c2ncc3c(n2)CCC2(CCCC2)C3)C1. The number of aryl methyl sites for hydroxylation is 1. The second-order valence-electron chi connectivity index (χ2n) is 7.37. The minimum absolute atomic E-state index is 0.278. The predicted molar refractivity (Wildman–Crippen MR) is 84.4 cm³/mol. The van der Waals surface area contributed by atoms with E-state index in [2.05, 4.69) is 16.1 Å². The van der Waals surface area contributed by atoms with Crippen LogP contribution in [-0.2, 0) is 12.8 Å². The van der Waals surface area contributed by atoms with Crippen LogP contribution in [0.3, 0.4) is 0 Å². The maximum atomic E-state index is 6.08. The number of hydrogen-bond donors (Lipinski definition) is 1. The first-order valence-electron chi connectivity index (χ1n) is 8.59. The first-order chi connectivity index (χ1) is 10.2. The summed E-state index contributed by atoms with van der Waals surface area (Å²) in [5, 5.41) is 0. The van der Waals surface area contributed by atoms with Crippen molar-refractivity contribution in [2.24, 2.45) is 11.1 Å². The van der Waals surface area contributed by atoms with E-state index in [0.717, 1.165) is 38.3 Å². The molecule has 1 spiro atoms. The van der Waals surface area contributed by atoms with Gasteiger partial charge >= 0.3 is 0 Å². The number of piperidine rings is 1. The van der Waals surface area contributed by atoms with Crippen LogP contribution in [0.5, 0.6) is 0 Å². The van der Waals surface area contributed by atoms with Crippen LogP contribution in [0, 0.1) is 5.41 Å². The van der Waals surface area contributed by atoms with Gasteiger partial charge in [-0.3, -0.25) is 0 Å².